The second-order valence-electron chi connectivity index (χ2n) is 7.60. The van der Waals surface area contributed by atoms with Gasteiger partial charge in [-0.05, 0) is 36.5 Å². The van der Waals surface area contributed by atoms with Crippen LogP contribution in [0, 0.1) is 17.3 Å². The van der Waals surface area contributed by atoms with Crippen LogP contribution in [-0.2, 0) is 4.79 Å². The zero-order valence-electron chi connectivity index (χ0n) is 12.8. The van der Waals surface area contributed by atoms with Gasteiger partial charge in [-0.3, -0.25) is 15.1 Å². The highest BCUT2D eigenvalue weighted by Gasteiger charge is 2.51. The SMILES string of the molecule is CC(C)CN=C1NC(=O)C2(CC(C)CC(C)(C)C2)N1. The van der Waals surface area contributed by atoms with Gasteiger partial charge in [-0.1, -0.05) is 34.6 Å². The van der Waals surface area contributed by atoms with Crippen molar-refractivity contribution in [2.45, 2.75) is 59.4 Å². The lowest BCUT2D eigenvalue weighted by atomic mass is 9.64. The average Bonchev–Trinajstić information content (AvgIpc) is 2.49. The van der Waals surface area contributed by atoms with Crippen LogP contribution < -0.4 is 10.6 Å². The van der Waals surface area contributed by atoms with Crippen LogP contribution in [0.3, 0.4) is 0 Å². The summed E-state index contributed by atoms with van der Waals surface area (Å²) in [4.78, 5) is 16.9. The first-order valence-electron chi connectivity index (χ1n) is 7.36. The summed E-state index contributed by atoms with van der Waals surface area (Å²) in [6, 6.07) is 0. The number of nitrogens with zero attached hydrogens (tertiary/aromatic N) is 1. The van der Waals surface area contributed by atoms with Crippen molar-refractivity contribution in [1.29, 1.82) is 0 Å². The first-order valence-corrected chi connectivity index (χ1v) is 7.36. The molecule has 0 aromatic heterocycles. The van der Waals surface area contributed by atoms with Gasteiger partial charge in [-0.2, -0.15) is 0 Å². The molecule has 0 bridgehead atoms. The Bertz CT molecular complexity index is 400. The number of hydrogen-bond acceptors (Lipinski definition) is 2. The Morgan fingerprint density at radius 3 is 2.63 bits per heavy atom. The molecule has 1 aliphatic heterocycles. The lowest BCUT2D eigenvalue weighted by Crippen LogP contribution is -2.54. The molecule has 0 aromatic rings. The fourth-order valence-electron chi connectivity index (χ4n) is 3.73. The van der Waals surface area contributed by atoms with Crippen molar-refractivity contribution in [3.63, 3.8) is 0 Å². The van der Waals surface area contributed by atoms with E-state index >= 15 is 0 Å². The number of amides is 1. The molecule has 1 saturated carbocycles. The molecule has 1 spiro atoms. The fourth-order valence-corrected chi connectivity index (χ4v) is 3.73. The number of aliphatic imine (C=N–C) groups is 1. The molecule has 0 radical (unpaired) electrons. The van der Waals surface area contributed by atoms with Crippen LogP contribution in [0.4, 0.5) is 0 Å². The fraction of sp³-hybridized carbons (Fsp3) is 0.867. The van der Waals surface area contributed by atoms with Gasteiger partial charge in [0.1, 0.15) is 5.54 Å². The molecule has 2 rings (SSSR count). The topological polar surface area (TPSA) is 53.5 Å². The molecule has 2 atom stereocenters. The molecule has 4 heteroatoms. The molecule has 1 heterocycles. The molecule has 2 fully saturated rings. The Morgan fingerprint density at radius 1 is 1.37 bits per heavy atom. The second kappa shape index (κ2) is 4.80. The minimum absolute atomic E-state index is 0.106. The second-order valence-corrected chi connectivity index (χ2v) is 7.60. The largest absolute Gasteiger partial charge is 0.342 e. The van der Waals surface area contributed by atoms with E-state index in [4.69, 9.17) is 0 Å². The zero-order valence-corrected chi connectivity index (χ0v) is 12.8. The highest BCUT2D eigenvalue weighted by molar-refractivity contribution is 6.09. The number of rotatable bonds is 2. The van der Waals surface area contributed by atoms with Crippen LogP contribution in [0.2, 0.25) is 0 Å². The molecular weight excluding hydrogens is 238 g/mol. The van der Waals surface area contributed by atoms with Gasteiger partial charge in [0.25, 0.3) is 5.91 Å². The van der Waals surface area contributed by atoms with E-state index in [2.05, 4.69) is 50.2 Å². The summed E-state index contributed by atoms with van der Waals surface area (Å²) in [7, 11) is 0. The van der Waals surface area contributed by atoms with Crippen LogP contribution in [0.5, 0.6) is 0 Å². The highest BCUT2D eigenvalue weighted by atomic mass is 16.2. The van der Waals surface area contributed by atoms with E-state index in [1.807, 2.05) is 0 Å². The zero-order chi connectivity index (χ0) is 14.3. The van der Waals surface area contributed by atoms with Gasteiger partial charge in [-0.15, -0.1) is 0 Å². The molecule has 2 unspecified atom stereocenters. The van der Waals surface area contributed by atoms with Gasteiger partial charge in [0, 0.05) is 6.54 Å². The number of carbonyl (C=O) groups is 1. The standard InChI is InChI=1S/C15H27N3O/c1-10(2)8-16-13-17-12(19)15(18-13)7-11(3)6-14(4,5)9-15/h10-11H,6-9H2,1-5H3,(H2,16,17,18,19). The predicted octanol–water partition coefficient (Wildman–Crippen LogP) is 2.30. The molecule has 4 nitrogen and oxygen atoms in total. The number of carbonyl (C=O) groups excluding carboxylic acids is 1. The van der Waals surface area contributed by atoms with E-state index in [9.17, 15) is 4.79 Å². The monoisotopic (exact) mass is 265 g/mol. The van der Waals surface area contributed by atoms with E-state index in [1.54, 1.807) is 0 Å². The summed E-state index contributed by atoms with van der Waals surface area (Å²) in [6.45, 7) is 11.7. The first kappa shape index (κ1) is 14.4. The summed E-state index contributed by atoms with van der Waals surface area (Å²) in [5, 5.41) is 6.31. The van der Waals surface area contributed by atoms with Crippen LogP contribution in [0.25, 0.3) is 0 Å². The van der Waals surface area contributed by atoms with Crippen molar-refractivity contribution in [2.24, 2.45) is 22.2 Å². The van der Waals surface area contributed by atoms with E-state index in [0.717, 1.165) is 19.4 Å². The smallest absolute Gasteiger partial charge is 0.252 e. The Morgan fingerprint density at radius 2 is 2.05 bits per heavy atom. The van der Waals surface area contributed by atoms with Gasteiger partial charge in [0.15, 0.2) is 5.96 Å². The third-order valence-electron chi connectivity index (χ3n) is 4.02. The average molecular weight is 265 g/mol. The van der Waals surface area contributed by atoms with E-state index in [-0.39, 0.29) is 11.3 Å². The highest BCUT2D eigenvalue weighted by Crippen LogP contribution is 2.44. The van der Waals surface area contributed by atoms with E-state index in [1.165, 1.54) is 6.42 Å². The number of hydrogen-bond donors (Lipinski definition) is 2. The van der Waals surface area contributed by atoms with Crippen molar-refractivity contribution in [2.75, 3.05) is 6.54 Å². The van der Waals surface area contributed by atoms with Gasteiger partial charge in [0.05, 0.1) is 0 Å². The molecule has 0 aromatic carbocycles. The molecule has 108 valence electrons. The Kier molecular flexibility index (Phi) is 3.63. The molecule has 1 amide bonds. The lowest BCUT2D eigenvalue weighted by Gasteiger charge is -2.43. The van der Waals surface area contributed by atoms with Gasteiger partial charge in [-0.25, -0.2) is 0 Å². The van der Waals surface area contributed by atoms with Gasteiger partial charge >= 0.3 is 0 Å². The Hall–Kier alpha value is -1.06. The Balaban J connectivity index is 2.16. The van der Waals surface area contributed by atoms with Crippen molar-refractivity contribution < 1.29 is 4.79 Å². The summed E-state index contributed by atoms with van der Waals surface area (Å²) < 4.78 is 0. The minimum atomic E-state index is -0.434. The van der Waals surface area contributed by atoms with E-state index in [0.29, 0.717) is 17.8 Å². The first-order chi connectivity index (χ1) is 8.72. The van der Waals surface area contributed by atoms with Crippen molar-refractivity contribution in [3.8, 4) is 0 Å². The quantitative estimate of drug-likeness (QED) is 0.805. The van der Waals surface area contributed by atoms with Crippen LogP contribution >= 0.6 is 0 Å². The Labute approximate surface area is 116 Å². The molecule has 1 aliphatic carbocycles. The van der Waals surface area contributed by atoms with Crippen molar-refractivity contribution >= 4 is 11.9 Å². The lowest BCUT2D eigenvalue weighted by molar-refractivity contribution is -0.127. The molecular formula is C15H27N3O. The summed E-state index contributed by atoms with van der Waals surface area (Å²) in [5.74, 6) is 1.84. The van der Waals surface area contributed by atoms with Crippen molar-refractivity contribution in [1.82, 2.24) is 10.6 Å². The van der Waals surface area contributed by atoms with Crippen LogP contribution in [-0.4, -0.2) is 24.0 Å². The molecule has 2 N–H and O–H groups in total. The summed E-state index contributed by atoms with van der Waals surface area (Å²) >= 11 is 0. The third kappa shape index (κ3) is 3.10. The van der Waals surface area contributed by atoms with Gasteiger partial charge < -0.3 is 5.32 Å². The maximum Gasteiger partial charge on any atom is 0.252 e. The van der Waals surface area contributed by atoms with Crippen molar-refractivity contribution in [3.05, 3.63) is 0 Å². The third-order valence-corrected chi connectivity index (χ3v) is 4.02. The molecule has 1 saturated heterocycles. The van der Waals surface area contributed by atoms with E-state index < -0.39 is 5.54 Å². The number of guanidine groups is 1. The maximum atomic E-state index is 12.4. The molecule has 19 heavy (non-hydrogen) atoms. The molecule has 2 aliphatic rings. The predicted molar refractivity (Wildman–Crippen MR) is 77.9 cm³/mol. The summed E-state index contributed by atoms with van der Waals surface area (Å²) in [5.41, 5.74) is -0.230. The number of nitrogens with one attached hydrogen (secondary N) is 2. The van der Waals surface area contributed by atoms with Gasteiger partial charge in [0.2, 0.25) is 0 Å². The normalized spacial score (nSPS) is 35.8. The van der Waals surface area contributed by atoms with Crippen LogP contribution in [0.1, 0.15) is 53.9 Å². The minimum Gasteiger partial charge on any atom is -0.342 e. The van der Waals surface area contributed by atoms with Crippen LogP contribution in [0.15, 0.2) is 4.99 Å². The summed E-state index contributed by atoms with van der Waals surface area (Å²) in [6.07, 6.45) is 2.97. The maximum absolute atomic E-state index is 12.4.